The molecule has 2 heterocycles. The van der Waals surface area contributed by atoms with Gasteiger partial charge in [-0.05, 0) is 60.5 Å². The number of nitrogens with one attached hydrogen (secondary N) is 1. The fraction of sp³-hybridized carbons (Fsp3) is 0.526. The van der Waals surface area contributed by atoms with Crippen LogP contribution in [0.15, 0.2) is 30.6 Å². The summed E-state index contributed by atoms with van der Waals surface area (Å²) in [6, 6.07) is 6.60. The van der Waals surface area contributed by atoms with Crippen LogP contribution in [-0.2, 0) is 0 Å². The summed E-state index contributed by atoms with van der Waals surface area (Å²) in [6.45, 7) is 8.29. The summed E-state index contributed by atoms with van der Waals surface area (Å²) in [4.78, 5) is 11.1. The predicted molar refractivity (Wildman–Crippen MR) is 102 cm³/mol. The van der Waals surface area contributed by atoms with Crippen molar-refractivity contribution in [3.8, 4) is 0 Å². The minimum atomic E-state index is 0.399. The number of aromatic nitrogens is 2. The molecule has 2 fully saturated rings. The van der Waals surface area contributed by atoms with E-state index in [4.69, 9.17) is 12.2 Å². The van der Waals surface area contributed by atoms with E-state index in [0.29, 0.717) is 11.5 Å². The molecule has 1 aliphatic heterocycles. The van der Waals surface area contributed by atoms with E-state index >= 15 is 0 Å². The van der Waals surface area contributed by atoms with Gasteiger partial charge >= 0.3 is 0 Å². The van der Waals surface area contributed by atoms with Gasteiger partial charge in [0.2, 0.25) is 0 Å². The molecule has 2 bridgehead atoms. The standard InChI is InChI=1S/C19H24N4S/c1-12-13-8-15(10-19(12,2)3)23(11-13)18(24)22-14-4-5-16-17(9-14)21-7-6-20-16/h4-7,9,12-13,15H,8,10-11H2,1-3H3,(H,22,24)/t12-,13-,15-/m0/s1. The van der Waals surface area contributed by atoms with Crippen LogP contribution in [0.2, 0.25) is 0 Å². The summed E-state index contributed by atoms with van der Waals surface area (Å²) in [5.41, 5.74) is 3.18. The van der Waals surface area contributed by atoms with Crippen LogP contribution < -0.4 is 5.32 Å². The number of anilines is 1. The first kappa shape index (κ1) is 15.8. The summed E-state index contributed by atoms with van der Waals surface area (Å²) in [6.07, 6.45) is 5.93. The van der Waals surface area contributed by atoms with Gasteiger partial charge in [0, 0.05) is 30.7 Å². The molecule has 1 aromatic carbocycles. The summed E-state index contributed by atoms with van der Waals surface area (Å²) in [5.74, 6) is 1.50. The van der Waals surface area contributed by atoms with E-state index in [1.807, 2.05) is 18.2 Å². The molecule has 4 rings (SSSR count). The maximum absolute atomic E-state index is 5.74. The van der Waals surface area contributed by atoms with Gasteiger partial charge in [-0.25, -0.2) is 0 Å². The van der Waals surface area contributed by atoms with Gasteiger partial charge in [0.15, 0.2) is 5.11 Å². The third-order valence-electron chi connectivity index (χ3n) is 6.13. The molecular weight excluding hydrogens is 316 g/mol. The number of hydrogen-bond donors (Lipinski definition) is 1. The highest BCUT2D eigenvalue weighted by Gasteiger charge is 2.48. The van der Waals surface area contributed by atoms with Crippen LogP contribution in [0.4, 0.5) is 5.69 Å². The van der Waals surface area contributed by atoms with Crippen molar-refractivity contribution in [1.29, 1.82) is 0 Å². The number of hydrogen-bond acceptors (Lipinski definition) is 3. The Hall–Kier alpha value is -1.75. The van der Waals surface area contributed by atoms with E-state index < -0.39 is 0 Å². The Morgan fingerprint density at radius 2 is 2.00 bits per heavy atom. The van der Waals surface area contributed by atoms with Crippen LogP contribution in [0, 0.1) is 17.3 Å². The lowest BCUT2D eigenvalue weighted by atomic mass is 9.65. The number of nitrogens with zero attached hydrogens (tertiary/aromatic N) is 3. The van der Waals surface area contributed by atoms with E-state index in [0.717, 1.165) is 40.2 Å². The Balaban J connectivity index is 1.52. The molecule has 0 radical (unpaired) electrons. The topological polar surface area (TPSA) is 41.0 Å². The Kier molecular flexibility index (Phi) is 3.71. The summed E-state index contributed by atoms with van der Waals surface area (Å²) in [7, 11) is 0. The Bertz CT molecular complexity index is 788. The maximum atomic E-state index is 5.74. The zero-order valence-corrected chi connectivity index (χ0v) is 15.3. The van der Waals surface area contributed by atoms with Crippen LogP contribution in [0.3, 0.4) is 0 Å². The van der Waals surface area contributed by atoms with Crippen molar-refractivity contribution >= 4 is 34.1 Å². The van der Waals surface area contributed by atoms with Crippen molar-refractivity contribution in [2.45, 2.75) is 39.7 Å². The highest BCUT2D eigenvalue weighted by Crippen LogP contribution is 2.49. The number of thiocarbonyl (C=S) groups is 1. The lowest BCUT2D eigenvalue weighted by Gasteiger charge is -2.41. The summed E-state index contributed by atoms with van der Waals surface area (Å²) in [5, 5.41) is 4.26. The van der Waals surface area contributed by atoms with Crippen LogP contribution in [0.25, 0.3) is 11.0 Å². The Morgan fingerprint density at radius 1 is 1.25 bits per heavy atom. The van der Waals surface area contributed by atoms with Gasteiger partial charge in [-0.3, -0.25) is 9.97 Å². The second-order valence-corrected chi connectivity index (χ2v) is 8.36. The molecule has 2 aliphatic rings. The first-order valence-electron chi connectivity index (χ1n) is 8.72. The normalized spacial score (nSPS) is 28.1. The van der Waals surface area contributed by atoms with Gasteiger partial charge in [0.25, 0.3) is 0 Å². The van der Waals surface area contributed by atoms with Gasteiger partial charge in [0.05, 0.1) is 11.0 Å². The second-order valence-electron chi connectivity index (χ2n) is 7.97. The molecule has 0 amide bonds. The quantitative estimate of drug-likeness (QED) is 0.792. The molecule has 1 saturated carbocycles. The van der Waals surface area contributed by atoms with Gasteiger partial charge in [-0.15, -0.1) is 0 Å². The van der Waals surface area contributed by atoms with E-state index in [9.17, 15) is 0 Å². The van der Waals surface area contributed by atoms with Crippen LogP contribution >= 0.6 is 12.2 Å². The zero-order chi connectivity index (χ0) is 16.9. The highest BCUT2D eigenvalue weighted by molar-refractivity contribution is 7.80. The summed E-state index contributed by atoms with van der Waals surface area (Å²) >= 11 is 5.74. The average molecular weight is 340 g/mol. The van der Waals surface area contributed by atoms with Gasteiger partial charge in [-0.2, -0.15) is 0 Å². The molecule has 4 nitrogen and oxygen atoms in total. The van der Waals surface area contributed by atoms with Gasteiger partial charge in [-0.1, -0.05) is 20.8 Å². The third-order valence-corrected chi connectivity index (χ3v) is 6.47. The van der Waals surface area contributed by atoms with Crippen LogP contribution in [0.1, 0.15) is 33.6 Å². The first-order valence-corrected chi connectivity index (χ1v) is 9.13. The smallest absolute Gasteiger partial charge is 0.173 e. The van der Waals surface area contributed by atoms with E-state index in [1.165, 1.54) is 12.8 Å². The van der Waals surface area contributed by atoms with Crippen LogP contribution in [0.5, 0.6) is 0 Å². The number of rotatable bonds is 1. The van der Waals surface area contributed by atoms with Crippen molar-refractivity contribution in [3.05, 3.63) is 30.6 Å². The average Bonchev–Trinajstić information content (AvgIpc) is 2.92. The van der Waals surface area contributed by atoms with Crippen molar-refractivity contribution in [3.63, 3.8) is 0 Å². The van der Waals surface area contributed by atoms with Crippen molar-refractivity contribution in [2.75, 3.05) is 11.9 Å². The fourth-order valence-corrected chi connectivity index (χ4v) is 4.77. The molecule has 0 spiro atoms. The molecule has 5 heteroatoms. The van der Waals surface area contributed by atoms with E-state index in [2.05, 4.69) is 41.0 Å². The molecule has 3 atom stereocenters. The molecule has 1 aromatic heterocycles. The maximum Gasteiger partial charge on any atom is 0.173 e. The molecule has 24 heavy (non-hydrogen) atoms. The highest BCUT2D eigenvalue weighted by atomic mass is 32.1. The number of benzene rings is 1. The molecule has 2 aromatic rings. The fourth-order valence-electron chi connectivity index (χ4n) is 4.43. The zero-order valence-electron chi connectivity index (χ0n) is 14.5. The van der Waals surface area contributed by atoms with E-state index in [-0.39, 0.29) is 0 Å². The van der Waals surface area contributed by atoms with Crippen molar-refractivity contribution < 1.29 is 0 Å². The minimum Gasteiger partial charge on any atom is -0.346 e. The molecule has 1 aliphatic carbocycles. The molecule has 1 N–H and O–H groups in total. The SMILES string of the molecule is C[C@H]1[C@H]2C[C@@H](CC1(C)C)N(C(=S)Nc1ccc3nccnc3c1)C2. The molecule has 126 valence electrons. The second kappa shape index (κ2) is 5.66. The first-order chi connectivity index (χ1) is 11.4. The summed E-state index contributed by atoms with van der Waals surface area (Å²) < 4.78 is 0. The van der Waals surface area contributed by atoms with Crippen molar-refractivity contribution in [1.82, 2.24) is 14.9 Å². The van der Waals surface area contributed by atoms with E-state index in [1.54, 1.807) is 12.4 Å². The van der Waals surface area contributed by atoms with Gasteiger partial charge < -0.3 is 10.2 Å². The van der Waals surface area contributed by atoms with Crippen molar-refractivity contribution in [2.24, 2.45) is 17.3 Å². The molecular formula is C19H24N4S. The van der Waals surface area contributed by atoms with Gasteiger partial charge in [0.1, 0.15) is 0 Å². The largest absolute Gasteiger partial charge is 0.346 e. The lowest BCUT2D eigenvalue weighted by Crippen LogP contribution is -2.41. The number of likely N-dealkylation sites (tertiary alicyclic amines) is 1. The monoisotopic (exact) mass is 340 g/mol. The Morgan fingerprint density at radius 3 is 2.79 bits per heavy atom. The minimum absolute atomic E-state index is 0.399. The lowest BCUT2D eigenvalue weighted by molar-refractivity contribution is 0.107. The Labute approximate surface area is 148 Å². The molecule has 0 unspecified atom stereocenters. The number of fused-ring (bicyclic) bond motifs is 3. The third kappa shape index (κ3) is 2.65. The predicted octanol–water partition coefficient (Wildman–Crippen LogP) is 4.08. The van der Waals surface area contributed by atoms with Crippen LogP contribution in [-0.4, -0.2) is 32.6 Å². The molecule has 1 saturated heterocycles.